The number of esters is 1. The van der Waals surface area contributed by atoms with Crippen molar-refractivity contribution < 1.29 is 19.1 Å². The number of hydrogen-bond acceptors (Lipinski definition) is 4. The number of allylic oxidation sites excluding steroid dienone is 1. The van der Waals surface area contributed by atoms with Crippen LogP contribution in [-0.2, 0) is 14.0 Å². The van der Waals surface area contributed by atoms with Gasteiger partial charge in [0.05, 0.1) is 6.10 Å². The van der Waals surface area contributed by atoms with E-state index in [9.17, 15) is 9.90 Å². The molecule has 1 aliphatic carbocycles. The van der Waals surface area contributed by atoms with E-state index in [2.05, 4.69) is 96.3 Å². The summed E-state index contributed by atoms with van der Waals surface area (Å²) in [6.07, 6.45) is 2.69. The molecule has 5 atom stereocenters. The second kappa shape index (κ2) is 13.7. The smallest absolute Gasteiger partial charge is 0.334 e. The van der Waals surface area contributed by atoms with Crippen LogP contribution in [0.2, 0.25) is 5.04 Å². The Hall–Kier alpha value is -2.47. The molecule has 236 valence electrons. The van der Waals surface area contributed by atoms with Crippen LogP contribution in [0, 0.1) is 17.3 Å². The van der Waals surface area contributed by atoms with Gasteiger partial charge in [-0.05, 0) is 92.5 Å². The third-order valence-corrected chi connectivity index (χ3v) is 14.7. The SMILES string of the molecule is C=C(C)[C@@H](O)C[C@@H]1CC[C@H](C)[C@@](C)(CC[C@H](O[Si](c2ccccc2)(c2ccccc2)C(C)(C)C)C(=O)OC(C)(C)C)C1=C. The first-order valence-electron chi connectivity index (χ1n) is 16.0. The molecule has 0 spiro atoms. The van der Waals surface area contributed by atoms with Gasteiger partial charge in [-0.3, -0.25) is 0 Å². The first-order valence-corrected chi connectivity index (χ1v) is 17.9. The maximum absolute atomic E-state index is 14.1. The van der Waals surface area contributed by atoms with Gasteiger partial charge in [0.15, 0.2) is 0 Å². The molecule has 5 heteroatoms. The number of carbonyl (C=O) groups is 1. The Morgan fingerprint density at radius 3 is 1.95 bits per heavy atom. The Balaban J connectivity index is 2.06. The minimum atomic E-state index is -3.01. The highest BCUT2D eigenvalue weighted by Gasteiger charge is 2.53. The molecule has 1 aliphatic rings. The molecule has 0 unspecified atom stereocenters. The molecule has 4 nitrogen and oxygen atoms in total. The first-order chi connectivity index (χ1) is 19.9. The second-order valence-electron chi connectivity index (χ2n) is 15.1. The number of ether oxygens (including phenoxy) is 1. The van der Waals surface area contributed by atoms with Gasteiger partial charge < -0.3 is 14.3 Å². The maximum Gasteiger partial charge on any atom is 0.334 e. The van der Waals surface area contributed by atoms with Crippen LogP contribution in [0.5, 0.6) is 0 Å². The molecule has 2 aromatic carbocycles. The van der Waals surface area contributed by atoms with E-state index in [0.29, 0.717) is 18.8 Å². The van der Waals surface area contributed by atoms with Crippen molar-refractivity contribution in [1.29, 1.82) is 0 Å². The molecule has 0 bridgehead atoms. The van der Waals surface area contributed by atoms with Crippen molar-refractivity contribution in [2.45, 2.75) is 117 Å². The highest BCUT2D eigenvalue weighted by atomic mass is 28.4. The molecule has 1 saturated carbocycles. The summed E-state index contributed by atoms with van der Waals surface area (Å²) >= 11 is 0. The largest absolute Gasteiger partial charge is 0.458 e. The van der Waals surface area contributed by atoms with E-state index in [0.717, 1.165) is 35.2 Å². The Bertz CT molecular complexity index is 1200. The van der Waals surface area contributed by atoms with Gasteiger partial charge in [-0.2, -0.15) is 0 Å². The van der Waals surface area contributed by atoms with Crippen molar-refractivity contribution in [2.24, 2.45) is 17.3 Å². The number of rotatable bonds is 11. The zero-order valence-electron chi connectivity index (χ0n) is 28.2. The molecule has 0 amide bonds. The Morgan fingerprint density at radius 1 is 1.00 bits per heavy atom. The summed E-state index contributed by atoms with van der Waals surface area (Å²) in [5.41, 5.74) is 1.11. The monoisotopic (exact) mass is 604 g/mol. The molecular weight excluding hydrogens is 549 g/mol. The van der Waals surface area contributed by atoms with Crippen molar-refractivity contribution >= 4 is 24.7 Å². The lowest BCUT2D eigenvalue weighted by atomic mass is 9.59. The predicted octanol–water partition coefficient (Wildman–Crippen LogP) is 7.99. The van der Waals surface area contributed by atoms with E-state index in [4.69, 9.17) is 9.16 Å². The fourth-order valence-electron chi connectivity index (χ4n) is 6.79. The normalized spacial score (nSPS) is 23.0. The van der Waals surface area contributed by atoms with Crippen LogP contribution in [0.1, 0.15) is 94.4 Å². The van der Waals surface area contributed by atoms with Crippen LogP contribution in [0.3, 0.4) is 0 Å². The van der Waals surface area contributed by atoms with Gasteiger partial charge >= 0.3 is 5.97 Å². The molecule has 0 aromatic heterocycles. The highest BCUT2D eigenvalue weighted by Crippen LogP contribution is 2.51. The lowest BCUT2D eigenvalue weighted by molar-refractivity contribution is -0.164. The molecule has 43 heavy (non-hydrogen) atoms. The molecule has 0 saturated heterocycles. The van der Waals surface area contributed by atoms with Crippen LogP contribution in [0.4, 0.5) is 0 Å². The quantitative estimate of drug-likeness (QED) is 0.160. The zero-order valence-corrected chi connectivity index (χ0v) is 29.2. The molecule has 3 rings (SSSR count). The molecule has 0 heterocycles. The third kappa shape index (κ3) is 7.98. The van der Waals surface area contributed by atoms with E-state index in [-0.39, 0.29) is 22.3 Å². The van der Waals surface area contributed by atoms with E-state index in [1.807, 2.05) is 39.8 Å². The molecule has 2 aromatic rings. The van der Waals surface area contributed by atoms with Crippen molar-refractivity contribution in [3.05, 3.63) is 85.0 Å². The zero-order chi connectivity index (χ0) is 32.2. The van der Waals surface area contributed by atoms with Crippen molar-refractivity contribution in [2.75, 3.05) is 0 Å². The lowest BCUT2D eigenvalue weighted by Gasteiger charge is -2.48. The Kier molecular flexibility index (Phi) is 11.1. The predicted molar refractivity (Wildman–Crippen MR) is 182 cm³/mol. The van der Waals surface area contributed by atoms with Crippen LogP contribution >= 0.6 is 0 Å². The fourth-order valence-corrected chi connectivity index (χ4v) is 11.4. The van der Waals surface area contributed by atoms with E-state index < -0.39 is 26.1 Å². The summed E-state index contributed by atoms with van der Waals surface area (Å²) in [6, 6.07) is 20.9. The van der Waals surface area contributed by atoms with Gasteiger partial charge in [0, 0.05) is 0 Å². The first kappa shape index (κ1) is 35.0. The maximum atomic E-state index is 14.1. The number of aliphatic hydroxyl groups excluding tert-OH is 1. The van der Waals surface area contributed by atoms with E-state index >= 15 is 0 Å². The molecule has 0 radical (unpaired) electrons. The van der Waals surface area contributed by atoms with Gasteiger partial charge in [0.2, 0.25) is 0 Å². The van der Waals surface area contributed by atoms with Gasteiger partial charge in [0.25, 0.3) is 8.32 Å². The fraction of sp³-hybridized carbons (Fsp3) is 0.553. The summed E-state index contributed by atoms with van der Waals surface area (Å²) in [7, 11) is -3.01. The minimum Gasteiger partial charge on any atom is -0.458 e. The van der Waals surface area contributed by atoms with Crippen molar-refractivity contribution in [3.8, 4) is 0 Å². The summed E-state index contributed by atoms with van der Waals surface area (Å²) in [5, 5.41) is 12.6. The van der Waals surface area contributed by atoms with Gasteiger partial charge in [0.1, 0.15) is 11.7 Å². The van der Waals surface area contributed by atoms with Crippen molar-refractivity contribution in [1.82, 2.24) is 0 Å². The van der Waals surface area contributed by atoms with Crippen molar-refractivity contribution in [3.63, 3.8) is 0 Å². The third-order valence-electron chi connectivity index (χ3n) is 9.67. The standard InChI is InChI=1S/C38H56O4Si/c1-27(2)33(39)26-30-23-22-28(3)38(11,29(30)4)25-24-34(35(40)41-36(5,6)7)42-43(37(8,9)10,31-18-14-12-15-19-31)32-20-16-13-17-21-32/h12-21,28,30,33-34,39H,1,4,22-26H2,2-3,5-11H3/t28-,30-,33-,34-,38+/m0/s1. The van der Waals surface area contributed by atoms with Crippen LogP contribution < -0.4 is 10.4 Å². The molecule has 1 N–H and O–H groups in total. The van der Waals surface area contributed by atoms with Gasteiger partial charge in [-0.15, -0.1) is 0 Å². The van der Waals surface area contributed by atoms with Crippen LogP contribution in [-0.4, -0.2) is 37.2 Å². The Labute approximate surface area is 262 Å². The topological polar surface area (TPSA) is 55.8 Å². The minimum absolute atomic E-state index is 0.202. The molecule has 1 fully saturated rings. The highest BCUT2D eigenvalue weighted by molar-refractivity contribution is 6.99. The summed E-state index contributed by atoms with van der Waals surface area (Å²) in [4.78, 5) is 14.1. The van der Waals surface area contributed by atoms with Crippen LogP contribution in [0.25, 0.3) is 0 Å². The average molecular weight is 605 g/mol. The summed E-state index contributed by atoms with van der Waals surface area (Å²) in [5.74, 6) is 0.295. The van der Waals surface area contributed by atoms with E-state index in [1.54, 1.807) is 0 Å². The van der Waals surface area contributed by atoms with E-state index in [1.165, 1.54) is 5.57 Å². The number of benzene rings is 2. The molecule has 0 aliphatic heterocycles. The lowest BCUT2D eigenvalue weighted by Crippen LogP contribution is -2.68. The van der Waals surface area contributed by atoms with Crippen LogP contribution in [0.15, 0.2) is 85.0 Å². The summed E-state index contributed by atoms with van der Waals surface area (Å²) < 4.78 is 13.4. The number of carbonyl (C=O) groups excluding carboxylic acids is 1. The number of aliphatic hydroxyl groups is 1. The molecular formula is C38H56O4Si. The second-order valence-corrected chi connectivity index (χ2v) is 19.3. The van der Waals surface area contributed by atoms with Gasteiger partial charge in [-0.1, -0.05) is 120 Å². The number of hydrogen-bond donors (Lipinski definition) is 1. The summed E-state index contributed by atoms with van der Waals surface area (Å²) in [6.45, 7) is 27.5. The Morgan fingerprint density at radius 2 is 1.51 bits per heavy atom. The van der Waals surface area contributed by atoms with Gasteiger partial charge in [-0.25, -0.2) is 4.79 Å². The average Bonchev–Trinajstić information content (AvgIpc) is 2.93.